The van der Waals surface area contributed by atoms with Crippen LogP contribution in [0.5, 0.6) is 0 Å². The van der Waals surface area contributed by atoms with Gasteiger partial charge < -0.3 is 27.0 Å². The summed E-state index contributed by atoms with van der Waals surface area (Å²) in [6, 6.07) is 23.9. The van der Waals surface area contributed by atoms with Crippen molar-refractivity contribution in [2.24, 2.45) is 5.41 Å². The number of para-hydroxylation sites is 2. The van der Waals surface area contributed by atoms with Gasteiger partial charge in [-0.05, 0) is 47.4 Å². The third kappa shape index (κ3) is 5.82. The Balaban J connectivity index is 0.000000205. The zero-order valence-electron chi connectivity index (χ0n) is 29.3. The molecule has 226 valence electrons. The van der Waals surface area contributed by atoms with E-state index in [-0.39, 0.29) is 30.9 Å². The van der Waals surface area contributed by atoms with E-state index >= 15 is 0 Å². The van der Waals surface area contributed by atoms with Gasteiger partial charge in [0.25, 0.3) is 0 Å². The largest absolute Gasteiger partial charge is 3.00 e. The molecule has 3 aromatic carbocycles. The number of allylic oxidation sites excluding steroid dienone is 1. The van der Waals surface area contributed by atoms with E-state index in [2.05, 4.69) is 108 Å². The molecule has 0 unspecified atom stereocenters. The Morgan fingerprint density at radius 3 is 2.16 bits per heavy atom. The van der Waals surface area contributed by atoms with Crippen LogP contribution in [-0.2, 0) is 38.1 Å². The van der Waals surface area contributed by atoms with Crippen molar-refractivity contribution in [1.82, 2.24) is 14.5 Å². The number of nitrogens with zero attached hydrogens (tertiary/aromatic N) is 4. The minimum absolute atomic E-state index is 0. The van der Waals surface area contributed by atoms with Gasteiger partial charge >= 0.3 is 20.1 Å². The van der Waals surface area contributed by atoms with Gasteiger partial charge in [0.1, 0.15) is 0 Å². The van der Waals surface area contributed by atoms with Crippen molar-refractivity contribution >= 4 is 18.3 Å². The number of hydrogen-bond acceptors (Lipinski definition) is 4. The molecule has 0 N–H and O–H groups in total. The number of benzene rings is 3. The Morgan fingerprint density at radius 1 is 0.884 bits per heavy atom. The first kappa shape index (κ1) is 28.8. The van der Waals surface area contributed by atoms with Gasteiger partial charge in [0, 0.05) is 38.7 Å². The minimum atomic E-state index is -2.19. The predicted octanol–water partition coefficient (Wildman–Crippen LogP) is 9.21. The maximum Gasteiger partial charge on any atom is 3.00 e. The molecule has 2 aliphatic heterocycles. The summed E-state index contributed by atoms with van der Waals surface area (Å²) in [5.74, 6) is 1.86. The molecular weight excluding hydrogens is 725 g/mol. The second kappa shape index (κ2) is 12.6. The Hall–Kier alpha value is -2.92. The summed E-state index contributed by atoms with van der Waals surface area (Å²) in [4.78, 5) is 8.60. The van der Waals surface area contributed by atoms with Gasteiger partial charge in [0.2, 0.25) is 0 Å². The quantitative estimate of drug-likeness (QED) is 0.153. The van der Waals surface area contributed by atoms with Crippen molar-refractivity contribution < 1.29 is 24.2 Å². The van der Waals surface area contributed by atoms with E-state index in [0.29, 0.717) is 11.8 Å². The van der Waals surface area contributed by atoms with E-state index in [4.69, 9.17) is 16.7 Å². The summed E-state index contributed by atoms with van der Waals surface area (Å²) in [6.45, 7) is 17.1. The number of rotatable bonds is 4. The Morgan fingerprint density at radius 2 is 1.56 bits per heavy atom. The summed E-state index contributed by atoms with van der Waals surface area (Å²) in [5.41, 5.74) is 7.67. The first-order valence-electron chi connectivity index (χ1n) is 16.2. The fraction of sp³-hybridized carbons (Fsp3) is 0.351. The van der Waals surface area contributed by atoms with Crippen LogP contribution in [0.2, 0.25) is 0 Å². The van der Waals surface area contributed by atoms with Crippen LogP contribution >= 0.6 is 0 Å². The monoisotopic (exact) mass is 771 g/mol. The summed E-state index contributed by atoms with van der Waals surface area (Å²) in [5, 5.41) is 0. The molecule has 0 amide bonds. The first-order chi connectivity index (χ1) is 21.1. The smallest absolute Gasteiger partial charge is 0.778 e. The fourth-order valence-corrected chi connectivity index (χ4v) is 6.28. The van der Waals surface area contributed by atoms with E-state index in [0.717, 1.165) is 33.2 Å². The van der Waals surface area contributed by atoms with Crippen LogP contribution in [0.15, 0.2) is 89.8 Å². The molecule has 0 saturated heterocycles. The molecule has 0 atom stereocenters. The van der Waals surface area contributed by atoms with Crippen LogP contribution in [0, 0.1) is 18.2 Å². The third-order valence-electron chi connectivity index (χ3n) is 9.05. The molecular formula is C37H43IrN4S. The number of imidazole rings is 1. The Kier molecular flexibility index (Phi) is 8.44. The predicted molar refractivity (Wildman–Crippen MR) is 178 cm³/mol. The average molecular weight is 771 g/mol. The standard InChI is InChI=1S/C21H23N2.C16H21N2S.Ir/c1-15(2)18-11-8-12-19(16(3)4)20(18)23-14-13-22-21(23)17-9-6-5-7-10-17;1-15(2)11-7-6-8-12(19)14(11)18-10-17(5)9-13(18)16(15,3)4;/h5-9,11-16H,1-4H3;6-10,19H,1-5H3;/q2*-1;+3/p-1/i;5D3;. The van der Waals surface area contributed by atoms with E-state index in [1.807, 2.05) is 41.4 Å². The van der Waals surface area contributed by atoms with Crippen LogP contribution in [-0.4, -0.2) is 21.4 Å². The minimum Gasteiger partial charge on any atom is -0.778 e. The molecule has 0 bridgehead atoms. The summed E-state index contributed by atoms with van der Waals surface area (Å²) in [6.07, 6.45) is 5.67. The van der Waals surface area contributed by atoms with Crippen molar-refractivity contribution in [3.05, 3.63) is 114 Å². The van der Waals surface area contributed by atoms with Crippen molar-refractivity contribution in [3.8, 4) is 17.1 Å². The van der Waals surface area contributed by atoms with Gasteiger partial charge in [-0.2, -0.15) is 11.6 Å². The maximum atomic E-state index is 7.68. The van der Waals surface area contributed by atoms with Crippen molar-refractivity contribution in [1.29, 1.82) is 0 Å². The molecule has 0 radical (unpaired) electrons. The van der Waals surface area contributed by atoms with Gasteiger partial charge in [0.15, 0.2) is 0 Å². The van der Waals surface area contributed by atoms with Gasteiger partial charge in [-0.3, -0.25) is 4.98 Å². The van der Waals surface area contributed by atoms with Gasteiger partial charge in [0.05, 0.1) is 5.82 Å². The second-order valence-corrected chi connectivity index (χ2v) is 13.2. The van der Waals surface area contributed by atoms with Gasteiger partial charge in [-0.15, -0.1) is 35.9 Å². The topological polar surface area (TPSA) is 24.3 Å². The zero-order valence-corrected chi connectivity index (χ0v) is 29.5. The van der Waals surface area contributed by atoms with Crippen LogP contribution in [0.1, 0.15) is 88.0 Å². The summed E-state index contributed by atoms with van der Waals surface area (Å²) < 4.78 is 25.2. The van der Waals surface area contributed by atoms with Crippen molar-refractivity contribution in [2.75, 3.05) is 11.9 Å². The molecule has 0 spiro atoms. The van der Waals surface area contributed by atoms with E-state index < -0.39 is 6.98 Å². The van der Waals surface area contributed by atoms with Crippen molar-refractivity contribution in [2.45, 2.75) is 77.5 Å². The van der Waals surface area contributed by atoms with Crippen LogP contribution in [0.25, 0.3) is 17.1 Å². The molecule has 0 saturated carbocycles. The first-order valence-corrected chi connectivity index (χ1v) is 15.1. The molecule has 4 aromatic rings. The summed E-state index contributed by atoms with van der Waals surface area (Å²) >= 11 is 5.52. The van der Waals surface area contributed by atoms with Gasteiger partial charge in [-0.25, -0.2) is 0 Å². The maximum absolute atomic E-state index is 7.68. The number of anilines is 1. The average Bonchev–Trinajstić information content (AvgIpc) is 3.65. The molecule has 4 nitrogen and oxygen atoms in total. The molecule has 0 aliphatic carbocycles. The third-order valence-corrected chi connectivity index (χ3v) is 9.38. The number of hydrogen-bond donors (Lipinski definition) is 0. The number of fused-ring (bicyclic) bond motifs is 3. The normalized spacial score (nSPS) is 17.5. The van der Waals surface area contributed by atoms with E-state index in [9.17, 15) is 0 Å². The van der Waals surface area contributed by atoms with Crippen LogP contribution in [0.3, 0.4) is 0 Å². The summed E-state index contributed by atoms with van der Waals surface area (Å²) in [7, 11) is 0. The molecule has 43 heavy (non-hydrogen) atoms. The molecule has 3 heterocycles. The van der Waals surface area contributed by atoms with E-state index in [1.54, 1.807) is 12.9 Å². The Labute approximate surface area is 282 Å². The molecule has 6 rings (SSSR count). The fourth-order valence-electron chi connectivity index (χ4n) is 5.99. The van der Waals surface area contributed by atoms with Gasteiger partial charge in [-0.1, -0.05) is 91.8 Å². The second-order valence-electron chi connectivity index (χ2n) is 12.8. The van der Waals surface area contributed by atoms with E-state index in [1.165, 1.54) is 21.7 Å². The van der Waals surface area contributed by atoms with Crippen LogP contribution < -0.4 is 4.90 Å². The SMILES string of the molecule is CC(C)c1cccc(C(C)C)c1-n1ccnc1-c1[c-]cccc1.[2H]C([2H])([2H])N1C=C2N([CH-]1)c1c([S-])cccc1C(C)(C)C2(C)C.[Ir+3]. The molecule has 1 aromatic heterocycles. The number of aromatic nitrogens is 2. The molecule has 2 aliphatic rings. The Bertz CT molecular complexity index is 1680. The molecule has 6 heteroatoms. The molecule has 0 fully saturated rings. The van der Waals surface area contributed by atoms with Crippen molar-refractivity contribution in [3.63, 3.8) is 0 Å². The van der Waals surface area contributed by atoms with Crippen LogP contribution in [0.4, 0.5) is 5.69 Å². The zero-order chi connectivity index (χ0) is 32.9.